The van der Waals surface area contributed by atoms with Crippen LogP contribution in [0.15, 0.2) is 48.5 Å². The first kappa shape index (κ1) is 23.3. The Bertz CT molecular complexity index is 1370. The molecule has 0 atom stereocenters. The van der Waals surface area contributed by atoms with Crippen molar-refractivity contribution in [2.75, 3.05) is 0 Å². The Morgan fingerprint density at radius 3 is 1.38 bits per heavy atom. The van der Waals surface area contributed by atoms with Crippen molar-refractivity contribution in [1.82, 2.24) is 0 Å². The molecule has 0 fully saturated rings. The van der Waals surface area contributed by atoms with Gasteiger partial charge in [0.15, 0.2) is 46.4 Å². The van der Waals surface area contributed by atoms with Crippen molar-refractivity contribution in [3.63, 3.8) is 0 Å². The first-order valence-electron chi connectivity index (χ1n) is 9.26. The molecule has 0 aliphatic rings. The highest BCUT2D eigenvalue weighted by molar-refractivity contribution is 6.65. The zero-order valence-electron chi connectivity index (χ0n) is 16.4. The molecule has 2 nitrogen and oxygen atoms in total. The third-order valence-corrected chi connectivity index (χ3v) is 4.76. The molecule has 0 amide bonds. The summed E-state index contributed by atoms with van der Waals surface area (Å²) in [5, 5.41) is -1.44. The highest BCUT2D eigenvalue weighted by Crippen LogP contribution is 2.29. The molecule has 0 spiro atoms. The monoisotopic (exact) mass is 486 g/mol. The van der Waals surface area contributed by atoms with Crippen LogP contribution in [0.5, 0.6) is 11.5 Å². The van der Waals surface area contributed by atoms with Gasteiger partial charge in [0.05, 0.1) is 5.39 Å². The van der Waals surface area contributed by atoms with E-state index in [1.54, 1.807) is 0 Å². The Labute approximate surface area is 185 Å². The molecule has 0 heterocycles. The molecule has 174 valence electrons. The van der Waals surface area contributed by atoms with Crippen molar-refractivity contribution in [3.05, 3.63) is 101 Å². The van der Waals surface area contributed by atoms with Gasteiger partial charge < -0.3 is 9.31 Å². The molecule has 0 bridgehead atoms. The second kappa shape index (κ2) is 8.84. The molecule has 12 heteroatoms. The third-order valence-electron chi connectivity index (χ3n) is 4.76. The van der Waals surface area contributed by atoms with E-state index in [2.05, 4.69) is 0 Å². The lowest BCUT2D eigenvalue weighted by Gasteiger charge is -2.20. The van der Waals surface area contributed by atoms with E-state index in [4.69, 9.17) is 9.31 Å². The van der Waals surface area contributed by atoms with Crippen LogP contribution in [0.1, 0.15) is 0 Å². The summed E-state index contributed by atoms with van der Waals surface area (Å²) < 4.78 is 136. The van der Waals surface area contributed by atoms with Crippen LogP contribution >= 0.6 is 0 Å². The SMILES string of the molecule is Fc1ccc(F)c(OB(Oc2c(F)ccc(F)c2F)c2ccc(F)c3c(F)c(F)ccc23)c1F. The van der Waals surface area contributed by atoms with E-state index < -0.39 is 87.2 Å². The van der Waals surface area contributed by atoms with Gasteiger partial charge in [0, 0.05) is 5.46 Å². The predicted molar refractivity (Wildman–Crippen MR) is 103 cm³/mol. The summed E-state index contributed by atoms with van der Waals surface area (Å²) in [5.74, 6) is -17.0. The number of hydrogen-bond acceptors (Lipinski definition) is 2. The first-order valence-corrected chi connectivity index (χ1v) is 9.26. The van der Waals surface area contributed by atoms with Gasteiger partial charge in [0.1, 0.15) is 5.82 Å². The first-order chi connectivity index (χ1) is 16.1. The molecule has 4 rings (SSSR count). The topological polar surface area (TPSA) is 18.5 Å². The molecule has 0 aromatic heterocycles. The van der Waals surface area contributed by atoms with Crippen molar-refractivity contribution < 1.29 is 48.8 Å². The van der Waals surface area contributed by atoms with E-state index in [0.29, 0.717) is 36.4 Å². The van der Waals surface area contributed by atoms with E-state index in [1.807, 2.05) is 0 Å². The quantitative estimate of drug-likeness (QED) is 0.198. The van der Waals surface area contributed by atoms with Gasteiger partial charge in [-0.25, -0.2) is 30.7 Å². The van der Waals surface area contributed by atoms with Crippen LogP contribution in [0.2, 0.25) is 0 Å². The summed E-state index contributed by atoms with van der Waals surface area (Å²) >= 11 is 0. The van der Waals surface area contributed by atoms with Crippen LogP contribution in [0.25, 0.3) is 10.8 Å². The lowest BCUT2D eigenvalue weighted by Crippen LogP contribution is -2.44. The van der Waals surface area contributed by atoms with Crippen LogP contribution in [0.3, 0.4) is 0 Å². The Hall–Kier alpha value is -3.83. The normalized spacial score (nSPS) is 11.1. The fourth-order valence-electron chi connectivity index (χ4n) is 3.16. The summed E-state index contributed by atoms with van der Waals surface area (Å²) in [6.07, 6.45) is 0. The van der Waals surface area contributed by atoms with Gasteiger partial charge in [0.25, 0.3) is 0 Å². The maximum Gasteiger partial charge on any atom is 0.633 e. The number of fused-ring (bicyclic) bond motifs is 1. The highest BCUT2D eigenvalue weighted by atomic mass is 19.2. The van der Waals surface area contributed by atoms with Crippen LogP contribution in [0.4, 0.5) is 39.5 Å². The van der Waals surface area contributed by atoms with Crippen LogP contribution in [-0.2, 0) is 0 Å². The zero-order valence-corrected chi connectivity index (χ0v) is 16.4. The maximum absolute atomic E-state index is 14.3. The summed E-state index contributed by atoms with van der Waals surface area (Å²) in [4.78, 5) is 0. The highest BCUT2D eigenvalue weighted by Gasteiger charge is 2.35. The minimum atomic E-state index is -2.33. The van der Waals surface area contributed by atoms with Gasteiger partial charge in [-0.1, -0.05) is 12.1 Å². The average Bonchev–Trinajstić information content (AvgIpc) is 2.81. The summed E-state index contributed by atoms with van der Waals surface area (Å²) in [6.45, 7) is 0. The van der Waals surface area contributed by atoms with Gasteiger partial charge >= 0.3 is 7.12 Å². The molecule has 4 aromatic rings. The molecule has 0 saturated carbocycles. The van der Waals surface area contributed by atoms with Gasteiger partial charge in [-0.2, -0.15) is 8.78 Å². The molecule has 0 radical (unpaired) electrons. The molecule has 0 aliphatic carbocycles. The summed E-state index contributed by atoms with van der Waals surface area (Å²) in [7, 11) is -2.33. The van der Waals surface area contributed by atoms with Crippen molar-refractivity contribution >= 4 is 23.4 Å². The van der Waals surface area contributed by atoms with Gasteiger partial charge in [-0.05, 0) is 41.8 Å². The second-order valence-electron chi connectivity index (χ2n) is 6.83. The Morgan fingerprint density at radius 1 is 0.441 bits per heavy atom. The van der Waals surface area contributed by atoms with Gasteiger partial charge in [0.2, 0.25) is 11.6 Å². The van der Waals surface area contributed by atoms with Gasteiger partial charge in [-0.3, -0.25) is 0 Å². The number of rotatable bonds is 5. The zero-order chi connectivity index (χ0) is 24.7. The third kappa shape index (κ3) is 3.99. The summed E-state index contributed by atoms with van der Waals surface area (Å²) in [6, 6.07) is 4.60. The maximum atomic E-state index is 14.3. The molecule has 4 aromatic carbocycles. The molecule has 0 aliphatic heterocycles. The van der Waals surface area contributed by atoms with Crippen LogP contribution in [-0.4, -0.2) is 7.12 Å². The van der Waals surface area contributed by atoms with Crippen LogP contribution in [0, 0.1) is 52.4 Å². The minimum absolute atomic E-state index is 0.421. The van der Waals surface area contributed by atoms with E-state index in [1.165, 1.54) is 0 Å². The number of benzene rings is 4. The van der Waals surface area contributed by atoms with E-state index in [-0.39, 0.29) is 0 Å². The smallest absolute Gasteiger partial charge is 0.518 e. The van der Waals surface area contributed by atoms with Crippen molar-refractivity contribution in [2.24, 2.45) is 0 Å². The standard InChI is InChI=1S/C22H8BF9O2/c24-11-4-2-10(9-1-3-12(25)18(30)17(9)11)23(33-21-15(28)7-5-13(26)19(21)31)34-22-16(29)8-6-14(27)20(22)32/h1-8H. The molecule has 0 saturated heterocycles. The molecular formula is C22H8BF9O2. The van der Waals surface area contributed by atoms with E-state index in [9.17, 15) is 39.5 Å². The molecular weight excluding hydrogens is 478 g/mol. The van der Waals surface area contributed by atoms with Gasteiger partial charge in [-0.15, -0.1) is 0 Å². The van der Waals surface area contributed by atoms with E-state index in [0.717, 1.165) is 12.1 Å². The van der Waals surface area contributed by atoms with Crippen molar-refractivity contribution in [1.29, 1.82) is 0 Å². The lowest BCUT2D eigenvalue weighted by atomic mass is 9.75. The predicted octanol–water partition coefficient (Wildman–Crippen LogP) is 5.94. The number of hydrogen-bond donors (Lipinski definition) is 0. The molecule has 0 N–H and O–H groups in total. The molecule has 0 unspecified atom stereocenters. The summed E-state index contributed by atoms with van der Waals surface area (Å²) in [5.41, 5.74) is -0.513. The Kier molecular flexibility index (Phi) is 6.07. The van der Waals surface area contributed by atoms with Crippen LogP contribution < -0.4 is 14.8 Å². The molecule has 34 heavy (non-hydrogen) atoms. The largest absolute Gasteiger partial charge is 0.633 e. The Morgan fingerprint density at radius 2 is 0.853 bits per heavy atom. The Balaban J connectivity index is 1.95. The minimum Gasteiger partial charge on any atom is -0.518 e. The van der Waals surface area contributed by atoms with Crippen molar-refractivity contribution in [3.8, 4) is 11.5 Å². The van der Waals surface area contributed by atoms with Crippen molar-refractivity contribution in [2.45, 2.75) is 0 Å². The van der Waals surface area contributed by atoms with E-state index >= 15 is 0 Å². The number of halogens is 9. The fraction of sp³-hybridized carbons (Fsp3) is 0. The lowest BCUT2D eigenvalue weighted by molar-refractivity contribution is 0.359. The average molecular weight is 486 g/mol. The second-order valence-corrected chi connectivity index (χ2v) is 6.83. The fourth-order valence-corrected chi connectivity index (χ4v) is 3.16.